The van der Waals surface area contributed by atoms with Gasteiger partial charge in [0, 0.05) is 12.4 Å². The molecule has 25 heavy (non-hydrogen) atoms. The van der Waals surface area contributed by atoms with Gasteiger partial charge in [0.25, 0.3) is 5.91 Å². The number of nitrogens with zero attached hydrogens (tertiary/aromatic N) is 6. The first-order chi connectivity index (χ1) is 12.3. The third-order valence-corrected chi connectivity index (χ3v) is 4.70. The average Bonchev–Trinajstić information content (AvgIpc) is 3.29. The van der Waals surface area contributed by atoms with Crippen LogP contribution in [0.4, 0.5) is 5.13 Å². The van der Waals surface area contributed by atoms with Crippen molar-refractivity contribution in [3.63, 3.8) is 0 Å². The van der Waals surface area contributed by atoms with Crippen molar-refractivity contribution in [3.05, 3.63) is 67.0 Å². The number of thiazole rings is 1. The minimum absolute atomic E-state index is 0.103. The molecule has 4 aromatic rings. The minimum Gasteiger partial charge on any atom is -0.282 e. The van der Waals surface area contributed by atoms with Crippen LogP contribution in [0.1, 0.15) is 5.56 Å². The van der Waals surface area contributed by atoms with Gasteiger partial charge in [0.15, 0.2) is 5.13 Å². The molecule has 7 nitrogen and oxygen atoms in total. The minimum atomic E-state index is -0.103. The van der Waals surface area contributed by atoms with Crippen molar-refractivity contribution in [2.24, 2.45) is 0 Å². The van der Waals surface area contributed by atoms with Gasteiger partial charge in [0.05, 0.1) is 16.8 Å². The van der Waals surface area contributed by atoms with Crippen LogP contribution in [0.15, 0.2) is 61.4 Å². The Labute approximate surface area is 147 Å². The van der Waals surface area contributed by atoms with Crippen LogP contribution in [-0.2, 0) is 17.9 Å². The SMILES string of the molecule is O=C(Cn1cncn1)N(Cc1cccnc1)c1nc2ccccc2s1. The summed E-state index contributed by atoms with van der Waals surface area (Å²) in [4.78, 5) is 27.2. The van der Waals surface area contributed by atoms with E-state index in [9.17, 15) is 4.79 Å². The van der Waals surface area contributed by atoms with E-state index in [4.69, 9.17) is 0 Å². The molecule has 8 heteroatoms. The van der Waals surface area contributed by atoms with E-state index in [0.717, 1.165) is 15.8 Å². The molecular formula is C17H14N6OS. The number of carbonyl (C=O) groups excluding carboxylic acids is 1. The Balaban J connectivity index is 1.68. The molecule has 0 aliphatic rings. The summed E-state index contributed by atoms with van der Waals surface area (Å²) in [6.45, 7) is 0.511. The van der Waals surface area contributed by atoms with Gasteiger partial charge < -0.3 is 0 Å². The topological polar surface area (TPSA) is 76.8 Å². The van der Waals surface area contributed by atoms with Crippen molar-refractivity contribution in [1.29, 1.82) is 0 Å². The van der Waals surface area contributed by atoms with Crippen molar-refractivity contribution in [3.8, 4) is 0 Å². The van der Waals surface area contributed by atoms with Crippen LogP contribution in [0.2, 0.25) is 0 Å². The lowest BCUT2D eigenvalue weighted by Crippen LogP contribution is -2.33. The molecule has 0 unspecified atom stereocenters. The summed E-state index contributed by atoms with van der Waals surface area (Å²) in [6, 6.07) is 11.6. The Morgan fingerprint density at radius 3 is 2.84 bits per heavy atom. The summed E-state index contributed by atoms with van der Waals surface area (Å²) in [5.41, 5.74) is 1.82. The molecule has 4 rings (SSSR count). The highest BCUT2D eigenvalue weighted by Gasteiger charge is 2.21. The summed E-state index contributed by atoms with van der Waals surface area (Å²) in [5.74, 6) is -0.103. The zero-order chi connectivity index (χ0) is 17.1. The Morgan fingerprint density at radius 1 is 1.16 bits per heavy atom. The molecule has 0 saturated heterocycles. The molecule has 124 valence electrons. The van der Waals surface area contributed by atoms with E-state index in [1.54, 1.807) is 17.3 Å². The van der Waals surface area contributed by atoms with E-state index in [1.165, 1.54) is 28.7 Å². The maximum absolute atomic E-state index is 12.9. The maximum Gasteiger partial charge on any atom is 0.250 e. The molecular weight excluding hydrogens is 336 g/mol. The third-order valence-electron chi connectivity index (χ3n) is 3.64. The van der Waals surface area contributed by atoms with Gasteiger partial charge in [-0.2, -0.15) is 5.10 Å². The van der Waals surface area contributed by atoms with Gasteiger partial charge in [0.1, 0.15) is 19.2 Å². The van der Waals surface area contributed by atoms with E-state index >= 15 is 0 Å². The molecule has 0 N–H and O–H groups in total. The highest BCUT2D eigenvalue weighted by Crippen LogP contribution is 2.29. The molecule has 0 spiro atoms. The van der Waals surface area contributed by atoms with Crippen molar-refractivity contribution in [2.75, 3.05) is 4.90 Å². The molecule has 0 atom stereocenters. The predicted molar refractivity (Wildman–Crippen MR) is 95.1 cm³/mol. The van der Waals surface area contributed by atoms with E-state index in [1.807, 2.05) is 36.4 Å². The Morgan fingerprint density at radius 2 is 2.08 bits per heavy atom. The van der Waals surface area contributed by atoms with E-state index in [-0.39, 0.29) is 12.5 Å². The summed E-state index contributed by atoms with van der Waals surface area (Å²) < 4.78 is 2.55. The Hall–Kier alpha value is -3.13. The molecule has 0 aliphatic carbocycles. The molecule has 3 aromatic heterocycles. The number of benzene rings is 1. The van der Waals surface area contributed by atoms with E-state index < -0.39 is 0 Å². The maximum atomic E-state index is 12.9. The van der Waals surface area contributed by atoms with Crippen molar-refractivity contribution >= 4 is 32.6 Å². The van der Waals surface area contributed by atoms with Gasteiger partial charge in [-0.1, -0.05) is 29.5 Å². The first kappa shape index (κ1) is 15.4. The van der Waals surface area contributed by atoms with Gasteiger partial charge in [0.2, 0.25) is 0 Å². The summed E-state index contributed by atoms with van der Waals surface area (Å²) in [7, 11) is 0. The number of hydrogen-bond acceptors (Lipinski definition) is 6. The fourth-order valence-corrected chi connectivity index (χ4v) is 3.43. The van der Waals surface area contributed by atoms with Crippen LogP contribution in [0.3, 0.4) is 0 Å². The van der Waals surface area contributed by atoms with Crippen molar-refractivity contribution in [1.82, 2.24) is 24.7 Å². The zero-order valence-corrected chi connectivity index (χ0v) is 14.0. The predicted octanol–water partition coefficient (Wildman–Crippen LogP) is 2.52. The standard InChI is InChI=1S/C17H14N6OS/c24-16(10-22-12-19-11-20-22)23(9-13-4-3-7-18-8-13)17-21-14-5-1-2-6-15(14)25-17/h1-8,11-12H,9-10H2. The number of hydrogen-bond donors (Lipinski definition) is 0. The molecule has 3 heterocycles. The second-order valence-electron chi connectivity index (χ2n) is 5.40. The van der Waals surface area contributed by atoms with Crippen LogP contribution < -0.4 is 4.90 Å². The van der Waals surface area contributed by atoms with Gasteiger partial charge in [-0.3, -0.25) is 14.7 Å². The summed E-state index contributed by atoms with van der Waals surface area (Å²) in [5, 5.41) is 4.67. The lowest BCUT2D eigenvalue weighted by Gasteiger charge is -2.19. The first-order valence-electron chi connectivity index (χ1n) is 7.67. The molecule has 0 aliphatic heterocycles. The molecule has 0 radical (unpaired) electrons. The van der Waals surface area contributed by atoms with Gasteiger partial charge >= 0.3 is 0 Å². The Bertz CT molecular complexity index is 950. The lowest BCUT2D eigenvalue weighted by molar-refractivity contribution is -0.119. The summed E-state index contributed by atoms with van der Waals surface area (Å²) >= 11 is 1.49. The van der Waals surface area contributed by atoms with E-state index in [2.05, 4.69) is 20.1 Å². The monoisotopic (exact) mass is 350 g/mol. The normalized spacial score (nSPS) is 10.9. The molecule has 0 bridgehead atoms. The first-order valence-corrected chi connectivity index (χ1v) is 8.48. The molecule has 1 aromatic carbocycles. The van der Waals surface area contributed by atoms with Crippen LogP contribution >= 0.6 is 11.3 Å². The Kier molecular flexibility index (Phi) is 4.17. The number of fused-ring (bicyclic) bond motifs is 1. The second kappa shape index (κ2) is 6.78. The van der Waals surface area contributed by atoms with Crippen LogP contribution in [0.25, 0.3) is 10.2 Å². The molecule has 0 saturated carbocycles. The van der Waals surface area contributed by atoms with Gasteiger partial charge in [-0.15, -0.1) is 0 Å². The number of pyridine rings is 1. The highest BCUT2D eigenvalue weighted by molar-refractivity contribution is 7.22. The number of rotatable bonds is 5. The highest BCUT2D eigenvalue weighted by atomic mass is 32.1. The smallest absolute Gasteiger partial charge is 0.250 e. The zero-order valence-electron chi connectivity index (χ0n) is 13.2. The number of aromatic nitrogens is 5. The summed E-state index contributed by atoms with van der Waals surface area (Å²) in [6.07, 6.45) is 6.40. The van der Waals surface area contributed by atoms with Crippen LogP contribution in [0, 0.1) is 0 Å². The van der Waals surface area contributed by atoms with Gasteiger partial charge in [-0.25, -0.2) is 14.6 Å². The van der Waals surface area contributed by atoms with Crippen LogP contribution in [-0.4, -0.2) is 30.6 Å². The average molecular weight is 350 g/mol. The largest absolute Gasteiger partial charge is 0.282 e. The molecule has 0 fully saturated rings. The fourth-order valence-electron chi connectivity index (χ4n) is 2.45. The quantitative estimate of drug-likeness (QED) is 0.553. The van der Waals surface area contributed by atoms with Gasteiger partial charge in [-0.05, 0) is 23.8 Å². The van der Waals surface area contributed by atoms with E-state index in [0.29, 0.717) is 11.7 Å². The number of anilines is 1. The van der Waals surface area contributed by atoms with Crippen LogP contribution in [0.5, 0.6) is 0 Å². The fraction of sp³-hybridized carbons (Fsp3) is 0.118. The second-order valence-corrected chi connectivity index (χ2v) is 6.41. The lowest BCUT2D eigenvalue weighted by atomic mass is 10.2. The molecule has 1 amide bonds. The number of amides is 1. The number of carbonyl (C=O) groups is 1. The third kappa shape index (κ3) is 3.38. The number of para-hydroxylation sites is 1. The van der Waals surface area contributed by atoms with Crippen molar-refractivity contribution in [2.45, 2.75) is 13.1 Å². The van der Waals surface area contributed by atoms with Crippen molar-refractivity contribution < 1.29 is 4.79 Å².